The SMILES string of the molecule is CN1C[C@H](O)C[C@H]1C(O)O. The normalized spacial score (nSPS) is 35.7. The summed E-state index contributed by atoms with van der Waals surface area (Å²) in [5, 5.41) is 26.5. The van der Waals surface area contributed by atoms with E-state index in [-0.39, 0.29) is 6.04 Å². The van der Waals surface area contributed by atoms with Gasteiger partial charge in [0.25, 0.3) is 0 Å². The van der Waals surface area contributed by atoms with Crippen molar-refractivity contribution < 1.29 is 15.3 Å². The van der Waals surface area contributed by atoms with Gasteiger partial charge in [0.1, 0.15) is 0 Å². The van der Waals surface area contributed by atoms with Crippen molar-refractivity contribution in [3.05, 3.63) is 0 Å². The summed E-state index contributed by atoms with van der Waals surface area (Å²) >= 11 is 0. The monoisotopic (exact) mass is 147 g/mol. The molecule has 0 unspecified atom stereocenters. The Kier molecular flexibility index (Phi) is 2.25. The number of β-amino-alcohol motifs (C(OH)–C–C–N with tert-alkyl or cyclic N) is 1. The van der Waals surface area contributed by atoms with Crippen LogP contribution in [-0.4, -0.2) is 52.2 Å². The largest absolute Gasteiger partial charge is 0.392 e. The van der Waals surface area contributed by atoms with Crippen molar-refractivity contribution in [1.82, 2.24) is 4.90 Å². The molecule has 0 aliphatic carbocycles. The Morgan fingerprint density at radius 3 is 2.30 bits per heavy atom. The molecule has 1 saturated heterocycles. The van der Waals surface area contributed by atoms with Gasteiger partial charge in [0.05, 0.1) is 12.1 Å². The third kappa shape index (κ3) is 1.46. The van der Waals surface area contributed by atoms with Gasteiger partial charge < -0.3 is 15.3 Å². The van der Waals surface area contributed by atoms with Gasteiger partial charge in [0, 0.05) is 6.54 Å². The summed E-state index contributed by atoms with van der Waals surface area (Å²) in [5.74, 6) is 0. The van der Waals surface area contributed by atoms with E-state index in [9.17, 15) is 0 Å². The fraction of sp³-hybridized carbons (Fsp3) is 1.00. The van der Waals surface area contributed by atoms with Gasteiger partial charge in [0.2, 0.25) is 0 Å². The zero-order valence-corrected chi connectivity index (χ0v) is 5.94. The summed E-state index contributed by atoms with van der Waals surface area (Å²) in [6.45, 7) is 0.530. The molecule has 1 rings (SSSR count). The molecule has 1 aliphatic rings. The van der Waals surface area contributed by atoms with Crippen LogP contribution in [-0.2, 0) is 0 Å². The Morgan fingerprint density at radius 2 is 2.10 bits per heavy atom. The van der Waals surface area contributed by atoms with E-state index in [4.69, 9.17) is 15.3 Å². The molecule has 0 saturated carbocycles. The van der Waals surface area contributed by atoms with Gasteiger partial charge in [-0.25, -0.2) is 0 Å². The molecule has 4 heteroatoms. The molecule has 0 aromatic rings. The van der Waals surface area contributed by atoms with E-state index in [0.29, 0.717) is 13.0 Å². The number of likely N-dealkylation sites (tertiary alicyclic amines) is 1. The number of aliphatic hydroxyl groups is 3. The Hall–Kier alpha value is -0.160. The second-order valence-corrected chi connectivity index (χ2v) is 2.81. The van der Waals surface area contributed by atoms with Gasteiger partial charge in [0.15, 0.2) is 6.29 Å². The standard InChI is InChI=1S/C6H13NO3/c1-7-3-4(8)2-5(7)6(9)10/h4-6,8-10H,2-3H2,1H3/t4-,5+/m1/s1. The molecule has 10 heavy (non-hydrogen) atoms. The van der Waals surface area contributed by atoms with Crippen molar-refractivity contribution in [3.8, 4) is 0 Å². The zero-order chi connectivity index (χ0) is 7.72. The molecule has 2 atom stereocenters. The van der Waals surface area contributed by atoms with Crippen LogP contribution in [0.4, 0.5) is 0 Å². The van der Waals surface area contributed by atoms with Gasteiger partial charge in [-0.2, -0.15) is 0 Å². The number of hydrogen-bond donors (Lipinski definition) is 3. The highest BCUT2D eigenvalue weighted by Crippen LogP contribution is 2.17. The van der Waals surface area contributed by atoms with Crippen molar-refractivity contribution in [2.45, 2.75) is 24.9 Å². The number of aliphatic hydroxyl groups excluding tert-OH is 2. The lowest BCUT2D eigenvalue weighted by Gasteiger charge is -2.19. The lowest BCUT2D eigenvalue weighted by molar-refractivity contribution is -0.0863. The maximum atomic E-state index is 9.06. The lowest BCUT2D eigenvalue weighted by Crippen LogP contribution is -2.35. The summed E-state index contributed by atoms with van der Waals surface area (Å²) in [7, 11) is 1.76. The number of nitrogens with zero attached hydrogens (tertiary/aromatic N) is 1. The van der Waals surface area contributed by atoms with Crippen LogP contribution in [0.1, 0.15) is 6.42 Å². The minimum absolute atomic E-state index is 0.296. The first kappa shape index (κ1) is 7.94. The fourth-order valence-corrected chi connectivity index (χ4v) is 1.35. The molecule has 0 amide bonds. The Labute approximate surface area is 59.7 Å². The molecule has 0 aromatic carbocycles. The highest BCUT2D eigenvalue weighted by atomic mass is 16.5. The fourth-order valence-electron chi connectivity index (χ4n) is 1.35. The number of rotatable bonds is 1. The first-order chi connectivity index (χ1) is 4.61. The molecule has 0 bridgehead atoms. The molecular formula is C6H13NO3. The molecule has 4 nitrogen and oxygen atoms in total. The van der Waals surface area contributed by atoms with Crippen molar-refractivity contribution in [2.24, 2.45) is 0 Å². The Balaban J connectivity index is 2.46. The van der Waals surface area contributed by atoms with E-state index in [1.165, 1.54) is 0 Å². The van der Waals surface area contributed by atoms with E-state index in [0.717, 1.165) is 0 Å². The molecule has 1 fully saturated rings. The molecule has 0 aromatic heterocycles. The maximum absolute atomic E-state index is 9.06. The van der Waals surface area contributed by atoms with Crippen LogP contribution >= 0.6 is 0 Å². The minimum Gasteiger partial charge on any atom is -0.392 e. The smallest absolute Gasteiger partial charge is 0.167 e. The van der Waals surface area contributed by atoms with E-state index in [1.54, 1.807) is 11.9 Å². The van der Waals surface area contributed by atoms with Gasteiger partial charge in [-0.05, 0) is 13.5 Å². The van der Waals surface area contributed by atoms with E-state index < -0.39 is 12.4 Å². The second kappa shape index (κ2) is 2.84. The van der Waals surface area contributed by atoms with Crippen molar-refractivity contribution in [1.29, 1.82) is 0 Å². The molecule has 1 aliphatic heterocycles. The van der Waals surface area contributed by atoms with E-state index in [1.807, 2.05) is 0 Å². The molecule has 60 valence electrons. The summed E-state index contributed by atoms with van der Waals surface area (Å²) in [6.07, 6.45) is -1.28. The number of likely N-dealkylation sites (N-methyl/N-ethyl adjacent to an activating group) is 1. The predicted octanol–water partition coefficient (Wildman–Crippen LogP) is -1.64. The quantitative estimate of drug-likeness (QED) is 0.389. The summed E-state index contributed by atoms with van der Waals surface area (Å²) in [6, 6.07) is -0.296. The lowest BCUT2D eigenvalue weighted by atomic mass is 10.2. The van der Waals surface area contributed by atoms with Crippen LogP contribution in [0.15, 0.2) is 0 Å². The average Bonchev–Trinajstić information content (AvgIpc) is 2.10. The molecule has 1 heterocycles. The summed E-state index contributed by atoms with van der Waals surface area (Å²) in [4.78, 5) is 1.75. The van der Waals surface area contributed by atoms with E-state index >= 15 is 0 Å². The molecular weight excluding hydrogens is 134 g/mol. The van der Waals surface area contributed by atoms with Crippen LogP contribution in [0.2, 0.25) is 0 Å². The Morgan fingerprint density at radius 1 is 1.50 bits per heavy atom. The van der Waals surface area contributed by atoms with Gasteiger partial charge in [-0.15, -0.1) is 0 Å². The zero-order valence-electron chi connectivity index (χ0n) is 5.94. The van der Waals surface area contributed by atoms with Crippen molar-refractivity contribution in [3.63, 3.8) is 0 Å². The highest BCUT2D eigenvalue weighted by Gasteiger charge is 2.32. The van der Waals surface area contributed by atoms with Crippen molar-refractivity contribution in [2.75, 3.05) is 13.6 Å². The Bertz CT molecular complexity index is 118. The van der Waals surface area contributed by atoms with Gasteiger partial charge in [-0.3, -0.25) is 4.90 Å². The second-order valence-electron chi connectivity index (χ2n) is 2.81. The first-order valence-electron chi connectivity index (χ1n) is 3.35. The van der Waals surface area contributed by atoms with Crippen LogP contribution < -0.4 is 0 Å². The highest BCUT2D eigenvalue weighted by molar-refractivity contribution is 4.83. The van der Waals surface area contributed by atoms with Crippen LogP contribution in [0.5, 0.6) is 0 Å². The van der Waals surface area contributed by atoms with Crippen LogP contribution in [0.25, 0.3) is 0 Å². The van der Waals surface area contributed by atoms with Crippen molar-refractivity contribution >= 4 is 0 Å². The topological polar surface area (TPSA) is 63.9 Å². The predicted molar refractivity (Wildman–Crippen MR) is 35.3 cm³/mol. The number of hydrogen-bond acceptors (Lipinski definition) is 4. The average molecular weight is 147 g/mol. The third-order valence-electron chi connectivity index (χ3n) is 1.92. The summed E-state index contributed by atoms with van der Waals surface area (Å²) in [5.41, 5.74) is 0. The van der Waals surface area contributed by atoms with Gasteiger partial charge >= 0.3 is 0 Å². The van der Waals surface area contributed by atoms with E-state index in [2.05, 4.69) is 0 Å². The third-order valence-corrected chi connectivity index (χ3v) is 1.92. The molecule has 3 N–H and O–H groups in total. The molecule has 0 radical (unpaired) electrons. The minimum atomic E-state index is -1.33. The molecule has 0 spiro atoms. The summed E-state index contributed by atoms with van der Waals surface area (Å²) < 4.78 is 0. The first-order valence-corrected chi connectivity index (χ1v) is 3.35. The van der Waals surface area contributed by atoms with Crippen LogP contribution in [0.3, 0.4) is 0 Å². The van der Waals surface area contributed by atoms with Crippen LogP contribution in [0, 0.1) is 0 Å². The maximum Gasteiger partial charge on any atom is 0.167 e. The van der Waals surface area contributed by atoms with Gasteiger partial charge in [-0.1, -0.05) is 0 Å².